The highest BCUT2D eigenvalue weighted by Crippen LogP contribution is 2.73. The van der Waals surface area contributed by atoms with Crippen LogP contribution in [0.3, 0.4) is 0 Å². The molecule has 0 atom stereocenters. The standard InChI is InChI=1S/C11H12O2S/c1-8-2-4-10(5-3-8)14(12,13)11-6-9(11)7-11/h2-5,9H,6-7H2,1H3. The molecule has 0 bridgehead atoms. The quantitative estimate of drug-likeness (QED) is 0.744. The van der Waals surface area contributed by atoms with Crippen LogP contribution in [0.1, 0.15) is 18.4 Å². The molecule has 0 unspecified atom stereocenters. The third-order valence-electron chi connectivity index (χ3n) is 3.47. The van der Waals surface area contributed by atoms with E-state index in [1.54, 1.807) is 12.1 Å². The number of hydrogen-bond donors (Lipinski definition) is 0. The van der Waals surface area contributed by atoms with Gasteiger partial charge in [0.05, 0.1) is 9.64 Å². The van der Waals surface area contributed by atoms with Crippen molar-refractivity contribution in [3.8, 4) is 0 Å². The molecule has 0 spiro atoms. The lowest BCUT2D eigenvalue weighted by atomic mass is 10.2. The fourth-order valence-corrected chi connectivity index (χ4v) is 4.29. The molecule has 2 aliphatic carbocycles. The minimum atomic E-state index is -3.01. The van der Waals surface area contributed by atoms with Crippen molar-refractivity contribution in [2.45, 2.75) is 29.4 Å². The van der Waals surface area contributed by atoms with E-state index in [2.05, 4.69) is 0 Å². The minimum absolute atomic E-state index is 0.317. The molecule has 74 valence electrons. The maximum Gasteiger partial charge on any atom is 0.184 e. The van der Waals surface area contributed by atoms with Crippen LogP contribution in [-0.4, -0.2) is 13.2 Å². The number of hydrogen-bond acceptors (Lipinski definition) is 2. The Hall–Kier alpha value is -0.830. The van der Waals surface area contributed by atoms with E-state index in [1.165, 1.54) is 0 Å². The lowest BCUT2D eigenvalue weighted by molar-refractivity contribution is 0.587. The SMILES string of the molecule is Cc1ccc(S(=O)(=O)C23CC2C3)cc1. The van der Waals surface area contributed by atoms with Gasteiger partial charge in [0.15, 0.2) is 9.84 Å². The first-order chi connectivity index (χ1) is 6.56. The van der Waals surface area contributed by atoms with Gasteiger partial charge in [0.1, 0.15) is 0 Å². The van der Waals surface area contributed by atoms with Crippen LogP contribution < -0.4 is 0 Å². The summed E-state index contributed by atoms with van der Waals surface area (Å²) < 4.78 is 23.8. The largest absolute Gasteiger partial charge is 0.223 e. The third-order valence-corrected chi connectivity index (χ3v) is 6.10. The molecule has 3 rings (SSSR count). The molecule has 14 heavy (non-hydrogen) atoms. The van der Waals surface area contributed by atoms with Crippen molar-refractivity contribution >= 4 is 9.84 Å². The average molecular weight is 208 g/mol. The van der Waals surface area contributed by atoms with E-state index in [9.17, 15) is 8.42 Å². The normalized spacial score (nSPS) is 33.6. The van der Waals surface area contributed by atoms with Crippen LogP contribution in [-0.2, 0) is 9.84 Å². The Balaban J connectivity index is 2.06. The molecule has 0 heterocycles. The zero-order valence-electron chi connectivity index (χ0n) is 8.03. The van der Waals surface area contributed by atoms with E-state index in [1.807, 2.05) is 19.1 Å². The van der Waals surface area contributed by atoms with E-state index >= 15 is 0 Å². The van der Waals surface area contributed by atoms with E-state index in [0.717, 1.165) is 18.4 Å². The van der Waals surface area contributed by atoms with Gasteiger partial charge in [0.25, 0.3) is 0 Å². The summed E-state index contributed by atoms with van der Waals surface area (Å²) in [6.45, 7) is 1.96. The highest BCUT2D eigenvalue weighted by Gasteiger charge is 2.77. The zero-order chi connectivity index (χ0) is 9.97. The molecule has 0 radical (unpaired) electrons. The van der Waals surface area contributed by atoms with Gasteiger partial charge in [-0.2, -0.15) is 0 Å². The lowest BCUT2D eigenvalue weighted by Crippen LogP contribution is -2.14. The van der Waals surface area contributed by atoms with E-state index in [4.69, 9.17) is 0 Å². The van der Waals surface area contributed by atoms with Crippen molar-refractivity contribution in [3.05, 3.63) is 29.8 Å². The number of benzene rings is 1. The van der Waals surface area contributed by atoms with Crippen LogP contribution in [0.2, 0.25) is 0 Å². The summed E-state index contributed by atoms with van der Waals surface area (Å²) >= 11 is 0. The van der Waals surface area contributed by atoms with Crippen molar-refractivity contribution in [2.75, 3.05) is 0 Å². The second-order valence-corrected chi connectivity index (χ2v) is 6.78. The molecule has 2 nitrogen and oxygen atoms in total. The predicted molar refractivity (Wildman–Crippen MR) is 53.8 cm³/mol. The Morgan fingerprint density at radius 1 is 1.21 bits per heavy atom. The summed E-state index contributed by atoms with van der Waals surface area (Å²) in [6.07, 6.45) is 1.78. The third kappa shape index (κ3) is 0.883. The van der Waals surface area contributed by atoms with Gasteiger partial charge < -0.3 is 0 Å². The molecule has 1 aromatic rings. The van der Waals surface area contributed by atoms with Gasteiger partial charge in [-0.15, -0.1) is 0 Å². The molecular weight excluding hydrogens is 196 g/mol. The summed E-state index contributed by atoms with van der Waals surface area (Å²) in [5.74, 6) is 0.480. The van der Waals surface area contributed by atoms with Crippen LogP contribution in [0, 0.1) is 12.8 Å². The van der Waals surface area contributed by atoms with Gasteiger partial charge in [-0.3, -0.25) is 0 Å². The Bertz CT molecular complexity index is 479. The minimum Gasteiger partial charge on any atom is -0.223 e. The van der Waals surface area contributed by atoms with Crippen molar-refractivity contribution in [2.24, 2.45) is 5.92 Å². The van der Waals surface area contributed by atoms with Crippen molar-refractivity contribution < 1.29 is 8.42 Å². The topological polar surface area (TPSA) is 34.1 Å². The number of rotatable bonds is 2. The molecule has 0 aromatic heterocycles. The Kier molecular flexibility index (Phi) is 1.34. The molecule has 0 saturated heterocycles. The van der Waals surface area contributed by atoms with E-state index < -0.39 is 9.84 Å². The zero-order valence-corrected chi connectivity index (χ0v) is 8.84. The molecule has 1 aromatic carbocycles. The molecule has 0 N–H and O–H groups in total. The molecule has 2 fully saturated rings. The Morgan fingerprint density at radius 3 is 2.14 bits per heavy atom. The van der Waals surface area contributed by atoms with Gasteiger partial charge in [-0.1, -0.05) is 17.7 Å². The highest BCUT2D eigenvalue weighted by molar-refractivity contribution is 7.93. The maximum absolute atomic E-state index is 12.1. The van der Waals surface area contributed by atoms with Gasteiger partial charge in [-0.25, -0.2) is 8.42 Å². The fourth-order valence-electron chi connectivity index (χ4n) is 2.05. The Morgan fingerprint density at radius 2 is 1.71 bits per heavy atom. The number of aryl methyl sites for hydroxylation is 1. The summed E-state index contributed by atoms with van der Waals surface area (Å²) in [5.41, 5.74) is 1.10. The fraction of sp³-hybridized carbons (Fsp3) is 0.455. The smallest absolute Gasteiger partial charge is 0.184 e. The van der Waals surface area contributed by atoms with Crippen LogP contribution in [0.25, 0.3) is 0 Å². The van der Waals surface area contributed by atoms with E-state index in [-0.39, 0.29) is 4.75 Å². The van der Waals surface area contributed by atoms with Gasteiger partial charge in [0, 0.05) is 0 Å². The summed E-state index contributed by atoms with van der Waals surface area (Å²) in [4.78, 5) is 0.503. The number of sulfone groups is 1. The molecule has 3 heteroatoms. The van der Waals surface area contributed by atoms with Crippen molar-refractivity contribution in [3.63, 3.8) is 0 Å². The Labute approximate surface area is 83.9 Å². The summed E-state index contributed by atoms with van der Waals surface area (Å²) in [5, 5.41) is 0. The van der Waals surface area contributed by atoms with E-state index in [0.29, 0.717) is 10.8 Å². The van der Waals surface area contributed by atoms with Gasteiger partial charge in [-0.05, 0) is 37.8 Å². The predicted octanol–water partition coefficient (Wildman–Crippen LogP) is 1.93. The van der Waals surface area contributed by atoms with Crippen molar-refractivity contribution in [1.82, 2.24) is 0 Å². The van der Waals surface area contributed by atoms with Crippen LogP contribution in [0.4, 0.5) is 0 Å². The van der Waals surface area contributed by atoms with Crippen LogP contribution in [0.5, 0.6) is 0 Å². The molecule has 0 amide bonds. The van der Waals surface area contributed by atoms with Gasteiger partial charge >= 0.3 is 0 Å². The van der Waals surface area contributed by atoms with Crippen molar-refractivity contribution in [1.29, 1.82) is 0 Å². The maximum atomic E-state index is 12.1. The van der Waals surface area contributed by atoms with Gasteiger partial charge in [0.2, 0.25) is 0 Å². The summed E-state index contributed by atoms with van der Waals surface area (Å²) in [7, 11) is -3.01. The molecule has 2 aliphatic rings. The summed E-state index contributed by atoms with van der Waals surface area (Å²) in [6, 6.07) is 7.19. The molecule has 2 saturated carbocycles. The first-order valence-corrected chi connectivity index (χ1v) is 6.36. The van der Waals surface area contributed by atoms with Crippen LogP contribution in [0.15, 0.2) is 29.2 Å². The second-order valence-electron chi connectivity index (χ2n) is 4.49. The lowest BCUT2D eigenvalue weighted by Gasteiger charge is -2.06. The monoisotopic (exact) mass is 208 g/mol. The number of fused-ring (bicyclic) bond motifs is 1. The first kappa shape index (κ1) is 8.48. The highest BCUT2D eigenvalue weighted by atomic mass is 32.2. The first-order valence-electron chi connectivity index (χ1n) is 4.88. The second kappa shape index (κ2) is 2.22. The molecule has 0 aliphatic heterocycles. The average Bonchev–Trinajstić information content (AvgIpc) is 2.90. The van der Waals surface area contributed by atoms with Crippen LogP contribution >= 0.6 is 0 Å². The molecular formula is C11H12O2S.